The Balaban J connectivity index is 1.28. The Labute approximate surface area is 288 Å². The van der Waals surface area contributed by atoms with Gasteiger partial charge in [0.15, 0.2) is 17.5 Å². The van der Waals surface area contributed by atoms with Crippen LogP contribution in [-0.2, 0) is 0 Å². The smallest absolute Gasteiger partial charge is 0.164 e. The van der Waals surface area contributed by atoms with Crippen LogP contribution in [-0.4, -0.2) is 29.9 Å². The third kappa shape index (κ3) is 5.55. The van der Waals surface area contributed by atoms with E-state index in [2.05, 4.69) is 65.6 Å². The maximum absolute atomic E-state index is 5.08. The number of fused-ring (bicyclic) bond motifs is 3. The summed E-state index contributed by atoms with van der Waals surface area (Å²) in [5.74, 6) is 1.83. The Kier molecular flexibility index (Phi) is 7.37. The van der Waals surface area contributed by atoms with Gasteiger partial charge in [0.05, 0.1) is 16.7 Å². The highest BCUT2D eigenvalue weighted by atomic mass is 15.0. The molecule has 0 aliphatic heterocycles. The van der Waals surface area contributed by atoms with Crippen molar-refractivity contribution >= 4 is 21.8 Å². The highest BCUT2D eigenvalue weighted by Gasteiger charge is 2.17. The first-order chi connectivity index (χ1) is 24.8. The molecule has 234 valence electrons. The maximum atomic E-state index is 5.08. The molecule has 0 aliphatic carbocycles. The molecule has 0 atom stereocenters. The lowest BCUT2D eigenvalue weighted by molar-refractivity contribution is 1.07. The van der Waals surface area contributed by atoms with E-state index in [1.165, 1.54) is 0 Å². The molecule has 0 bridgehead atoms. The standard InChI is InChI=1S/C44H28N6/c1-3-11-31(12-4-1)42-48-43(32-13-5-2-6-14-32)50-44(49-42)36-26-34(29-18-20-30(21-19-29)39-17-7-8-22-45-39)25-35(27-36)38-28-33-15-9-23-46-40(33)41-37(38)16-10-24-47-41/h1-28H. The molecule has 0 spiro atoms. The van der Waals surface area contributed by atoms with Crippen LogP contribution in [0.15, 0.2) is 170 Å². The van der Waals surface area contributed by atoms with E-state index in [1.54, 1.807) is 0 Å². The van der Waals surface area contributed by atoms with Crippen LogP contribution in [0.1, 0.15) is 0 Å². The van der Waals surface area contributed by atoms with Gasteiger partial charge in [-0.05, 0) is 70.8 Å². The Morgan fingerprint density at radius 2 is 0.880 bits per heavy atom. The molecule has 0 saturated carbocycles. The zero-order valence-corrected chi connectivity index (χ0v) is 26.8. The molecule has 0 unspecified atom stereocenters. The van der Waals surface area contributed by atoms with Gasteiger partial charge in [-0.1, -0.05) is 103 Å². The molecule has 6 heteroatoms. The van der Waals surface area contributed by atoms with Crippen molar-refractivity contribution in [3.8, 4) is 67.7 Å². The summed E-state index contributed by atoms with van der Waals surface area (Å²) in [7, 11) is 0. The summed E-state index contributed by atoms with van der Waals surface area (Å²) in [6, 6.07) is 51.5. The van der Waals surface area contributed by atoms with Gasteiger partial charge in [0.25, 0.3) is 0 Å². The zero-order valence-electron chi connectivity index (χ0n) is 26.8. The van der Waals surface area contributed by atoms with Gasteiger partial charge < -0.3 is 0 Å². The van der Waals surface area contributed by atoms with Crippen molar-refractivity contribution in [1.29, 1.82) is 0 Å². The number of nitrogens with zero attached hydrogens (tertiary/aromatic N) is 6. The van der Waals surface area contributed by atoms with Crippen LogP contribution in [0.25, 0.3) is 89.5 Å². The van der Waals surface area contributed by atoms with Gasteiger partial charge in [0.2, 0.25) is 0 Å². The molecular weight excluding hydrogens is 613 g/mol. The lowest BCUT2D eigenvalue weighted by Gasteiger charge is -2.14. The van der Waals surface area contributed by atoms with Crippen LogP contribution in [0, 0.1) is 0 Å². The Morgan fingerprint density at radius 3 is 1.56 bits per heavy atom. The van der Waals surface area contributed by atoms with Crippen LogP contribution in [0.3, 0.4) is 0 Å². The number of pyridine rings is 3. The Hall–Kier alpha value is -6.92. The van der Waals surface area contributed by atoms with Crippen LogP contribution < -0.4 is 0 Å². The van der Waals surface area contributed by atoms with E-state index >= 15 is 0 Å². The van der Waals surface area contributed by atoms with E-state index in [4.69, 9.17) is 24.9 Å². The fourth-order valence-electron chi connectivity index (χ4n) is 6.40. The number of hydrogen-bond acceptors (Lipinski definition) is 6. The van der Waals surface area contributed by atoms with E-state index in [0.29, 0.717) is 17.5 Å². The zero-order chi connectivity index (χ0) is 33.3. The van der Waals surface area contributed by atoms with Gasteiger partial charge in [0.1, 0.15) is 0 Å². The molecule has 5 aromatic carbocycles. The molecule has 0 amide bonds. The lowest BCUT2D eigenvalue weighted by Crippen LogP contribution is -2.00. The van der Waals surface area contributed by atoms with Gasteiger partial charge in [-0.2, -0.15) is 0 Å². The second kappa shape index (κ2) is 12.6. The second-order valence-electron chi connectivity index (χ2n) is 12.0. The Morgan fingerprint density at radius 1 is 0.320 bits per heavy atom. The van der Waals surface area contributed by atoms with Gasteiger partial charge >= 0.3 is 0 Å². The summed E-state index contributed by atoms with van der Waals surface area (Å²) in [5, 5.41) is 2.05. The largest absolute Gasteiger partial charge is 0.256 e. The Bertz CT molecular complexity index is 2570. The summed E-state index contributed by atoms with van der Waals surface area (Å²) in [6.45, 7) is 0. The van der Waals surface area contributed by atoms with Crippen LogP contribution >= 0.6 is 0 Å². The van der Waals surface area contributed by atoms with Gasteiger partial charge in [0, 0.05) is 51.6 Å². The van der Waals surface area contributed by atoms with E-state index in [9.17, 15) is 0 Å². The van der Waals surface area contributed by atoms with Crippen molar-refractivity contribution < 1.29 is 0 Å². The summed E-state index contributed by atoms with van der Waals surface area (Å²) in [6.07, 6.45) is 5.46. The normalized spacial score (nSPS) is 11.2. The van der Waals surface area contributed by atoms with Crippen molar-refractivity contribution in [3.05, 3.63) is 170 Å². The molecule has 9 rings (SSSR count). The summed E-state index contributed by atoms with van der Waals surface area (Å²) in [4.78, 5) is 29.1. The van der Waals surface area contributed by atoms with Crippen molar-refractivity contribution in [2.24, 2.45) is 0 Å². The van der Waals surface area contributed by atoms with Crippen molar-refractivity contribution in [2.45, 2.75) is 0 Å². The molecule has 0 aliphatic rings. The number of rotatable bonds is 6. The van der Waals surface area contributed by atoms with Gasteiger partial charge in [-0.3, -0.25) is 15.0 Å². The quantitative estimate of drug-likeness (QED) is 0.168. The predicted molar refractivity (Wildman–Crippen MR) is 201 cm³/mol. The van der Waals surface area contributed by atoms with E-state index in [-0.39, 0.29) is 0 Å². The summed E-state index contributed by atoms with van der Waals surface area (Å²) in [5.41, 5.74) is 10.7. The SMILES string of the molecule is c1ccc(-c2nc(-c3ccccc3)nc(-c3cc(-c4ccc(-c5ccccn5)cc4)cc(-c4cc5cccnc5c5ncccc45)c3)n2)cc1. The number of aromatic nitrogens is 6. The van der Waals surface area contributed by atoms with Gasteiger partial charge in [-0.25, -0.2) is 15.0 Å². The number of hydrogen-bond donors (Lipinski definition) is 0. The minimum absolute atomic E-state index is 0.593. The van der Waals surface area contributed by atoms with Crippen molar-refractivity contribution in [3.63, 3.8) is 0 Å². The van der Waals surface area contributed by atoms with Gasteiger partial charge in [-0.15, -0.1) is 0 Å². The molecule has 50 heavy (non-hydrogen) atoms. The first kappa shape index (κ1) is 29.2. The first-order valence-corrected chi connectivity index (χ1v) is 16.4. The fourth-order valence-corrected chi connectivity index (χ4v) is 6.40. The maximum Gasteiger partial charge on any atom is 0.164 e. The highest BCUT2D eigenvalue weighted by molar-refractivity contribution is 6.10. The third-order valence-electron chi connectivity index (χ3n) is 8.84. The molecule has 0 fully saturated rings. The van der Waals surface area contributed by atoms with E-state index in [1.807, 2.05) is 110 Å². The number of benzene rings is 5. The van der Waals surface area contributed by atoms with Crippen molar-refractivity contribution in [2.75, 3.05) is 0 Å². The average Bonchev–Trinajstić information content (AvgIpc) is 3.21. The molecular formula is C44H28N6. The molecule has 0 N–H and O–H groups in total. The molecule has 0 saturated heterocycles. The van der Waals surface area contributed by atoms with Crippen LogP contribution in [0.4, 0.5) is 0 Å². The fraction of sp³-hybridized carbons (Fsp3) is 0. The lowest BCUT2D eigenvalue weighted by atomic mass is 9.92. The highest BCUT2D eigenvalue weighted by Crippen LogP contribution is 2.38. The monoisotopic (exact) mass is 640 g/mol. The van der Waals surface area contributed by atoms with Crippen LogP contribution in [0.5, 0.6) is 0 Å². The van der Waals surface area contributed by atoms with Crippen molar-refractivity contribution in [1.82, 2.24) is 29.9 Å². The molecule has 4 heterocycles. The summed E-state index contributed by atoms with van der Waals surface area (Å²) < 4.78 is 0. The first-order valence-electron chi connectivity index (χ1n) is 16.4. The average molecular weight is 641 g/mol. The second-order valence-corrected chi connectivity index (χ2v) is 12.0. The molecule has 4 aromatic heterocycles. The van der Waals surface area contributed by atoms with Crippen LogP contribution in [0.2, 0.25) is 0 Å². The minimum atomic E-state index is 0.593. The van der Waals surface area contributed by atoms with E-state index < -0.39 is 0 Å². The molecule has 9 aromatic rings. The van der Waals surface area contributed by atoms with E-state index in [0.717, 1.165) is 72.0 Å². The minimum Gasteiger partial charge on any atom is -0.256 e. The topological polar surface area (TPSA) is 77.3 Å². The molecule has 0 radical (unpaired) electrons. The molecule has 6 nitrogen and oxygen atoms in total. The third-order valence-corrected chi connectivity index (χ3v) is 8.84. The summed E-state index contributed by atoms with van der Waals surface area (Å²) >= 11 is 0. The predicted octanol–water partition coefficient (Wildman–Crippen LogP) is 10.4.